The van der Waals surface area contributed by atoms with Crippen LogP contribution in [0.3, 0.4) is 0 Å². The predicted molar refractivity (Wildman–Crippen MR) is 125 cm³/mol. The number of rotatable bonds is 7. The summed E-state index contributed by atoms with van der Waals surface area (Å²) in [5.74, 6) is 2.47. The van der Waals surface area contributed by atoms with Gasteiger partial charge in [0, 0.05) is 38.7 Å². The fraction of sp³-hybridized carbons (Fsp3) is 0.571. The number of hydrogen-bond donors (Lipinski definition) is 2. The molecule has 0 saturated heterocycles. The zero-order chi connectivity index (χ0) is 19.1. The minimum atomic E-state index is 0. The van der Waals surface area contributed by atoms with Crippen LogP contribution in [0.2, 0.25) is 0 Å². The molecule has 0 bridgehead atoms. The number of aliphatic imine (C=N–C) groups is 1. The van der Waals surface area contributed by atoms with Crippen LogP contribution < -0.4 is 10.6 Å². The van der Waals surface area contributed by atoms with Crippen molar-refractivity contribution < 1.29 is 0 Å². The second kappa shape index (κ2) is 10.8. The molecular weight excluding hydrogens is 463 g/mol. The largest absolute Gasteiger partial charge is 0.356 e. The quantitative estimate of drug-likeness (QED) is 0.343. The molecule has 1 saturated carbocycles. The molecule has 2 N–H and O–H groups in total. The lowest BCUT2D eigenvalue weighted by Crippen LogP contribution is -2.43. The van der Waals surface area contributed by atoms with E-state index in [0.29, 0.717) is 12.0 Å². The molecule has 2 aromatic rings. The molecule has 0 aromatic carbocycles. The van der Waals surface area contributed by atoms with Crippen LogP contribution >= 0.6 is 24.0 Å². The molecule has 0 unspecified atom stereocenters. The smallest absolute Gasteiger partial charge is 0.191 e. The van der Waals surface area contributed by atoms with Gasteiger partial charge in [-0.05, 0) is 42.2 Å². The third-order valence-corrected chi connectivity index (χ3v) is 5.40. The lowest BCUT2D eigenvalue weighted by molar-refractivity contribution is 0.235. The van der Waals surface area contributed by atoms with Gasteiger partial charge in [0.2, 0.25) is 0 Å². The van der Waals surface area contributed by atoms with Crippen molar-refractivity contribution in [2.45, 2.75) is 52.5 Å². The third-order valence-electron chi connectivity index (χ3n) is 5.40. The Labute approximate surface area is 185 Å². The summed E-state index contributed by atoms with van der Waals surface area (Å²) in [5, 5.41) is 6.98. The van der Waals surface area contributed by atoms with Gasteiger partial charge in [0.25, 0.3) is 0 Å². The number of hydrogen-bond acceptors (Lipinski definition) is 3. The Morgan fingerprint density at radius 2 is 2.04 bits per heavy atom. The molecule has 0 atom stereocenters. The van der Waals surface area contributed by atoms with E-state index in [0.717, 1.165) is 29.8 Å². The second-order valence-corrected chi connectivity index (χ2v) is 8.08. The van der Waals surface area contributed by atoms with Crippen LogP contribution in [0.25, 0.3) is 5.82 Å². The molecule has 6 nitrogen and oxygen atoms in total. The van der Waals surface area contributed by atoms with Gasteiger partial charge in [-0.15, -0.1) is 24.0 Å². The topological polar surface area (TPSA) is 67.1 Å². The molecule has 2 aromatic heterocycles. The van der Waals surface area contributed by atoms with Gasteiger partial charge < -0.3 is 10.6 Å². The minimum Gasteiger partial charge on any atom is -0.356 e. The molecule has 7 heteroatoms. The Kier molecular flexibility index (Phi) is 8.72. The average Bonchev–Trinajstić information content (AvgIpc) is 3.34. The lowest BCUT2D eigenvalue weighted by atomic mass is 9.78. The van der Waals surface area contributed by atoms with Crippen molar-refractivity contribution in [1.82, 2.24) is 25.2 Å². The van der Waals surface area contributed by atoms with E-state index in [9.17, 15) is 0 Å². The minimum absolute atomic E-state index is 0. The standard InChI is InChI=1S/C21H32N6.HI/c1-17(2)12-21(8-4-5-9-21)15-26-20(22-3)25-14-18-6-7-19(24-13-18)27-11-10-23-16-27;/h6-7,10-11,13,16-17H,4-5,8-9,12,14-15H2,1-3H3,(H2,22,25,26);1H. The number of imidazole rings is 1. The van der Waals surface area contributed by atoms with Crippen molar-refractivity contribution in [1.29, 1.82) is 0 Å². The van der Waals surface area contributed by atoms with Gasteiger partial charge in [0.05, 0.1) is 0 Å². The van der Waals surface area contributed by atoms with E-state index in [-0.39, 0.29) is 24.0 Å². The van der Waals surface area contributed by atoms with Crippen molar-refractivity contribution in [2.24, 2.45) is 16.3 Å². The average molecular weight is 496 g/mol. The molecule has 2 heterocycles. The number of nitrogens with one attached hydrogen (secondary N) is 2. The van der Waals surface area contributed by atoms with Crippen LogP contribution in [0.1, 0.15) is 51.5 Å². The van der Waals surface area contributed by atoms with Gasteiger partial charge in [0.15, 0.2) is 5.96 Å². The van der Waals surface area contributed by atoms with E-state index >= 15 is 0 Å². The van der Waals surface area contributed by atoms with Gasteiger partial charge >= 0.3 is 0 Å². The summed E-state index contributed by atoms with van der Waals surface area (Å²) in [6.07, 6.45) is 13.9. The van der Waals surface area contributed by atoms with Crippen LogP contribution in [0, 0.1) is 11.3 Å². The first-order valence-electron chi connectivity index (χ1n) is 9.98. The third kappa shape index (κ3) is 6.18. The Balaban J connectivity index is 0.00000280. The van der Waals surface area contributed by atoms with Gasteiger partial charge in [-0.25, -0.2) is 9.97 Å². The number of pyridine rings is 1. The molecule has 0 aliphatic heterocycles. The van der Waals surface area contributed by atoms with E-state index in [4.69, 9.17) is 0 Å². The van der Waals surface area contributed by atoms with Crippen LogP contribution in [-0.2, 0) is 6.54 Å². The van der Waals surface area contributed by atoms with E-state index in [1.807, 2.05) is 30.1 Å². The van der Waals surface area contributed by atoms with Crippen molar-refractivity contribution in [3.63, 3.8) is 0 Å². The molecular formula is C21H33IN6. The summed E-state index contributed by atoms with van der Waals surface area (Å²) in [6.45, 7) is 6.36. The normalized spacial score (nSPS) is 16.1. The van der Waals surface area contributed by atoms with E-state index in [2.05, 4.69) is 45.5 Å². The van der Waals surface area contributed by atoms with E-state index in [1.54, 1.807) is 12.5 Å². The van der Waals surface area contributed by atoms with Crippen molar-refractivity contribution in [3.05, 3.63) is 42.6 Å². The molecule has 1 fully saturated rings. The van der Waals surface area contributed by atoms with Crippen LogP contribution in [0.5, 0.6) is 0 Å². The summed E-state index contributed by atoms with van der Waals surface area (Å²) in [4.78, 5) is 12.9. The van der Waals surface area contributed by atoms with Crippen LogP contribution in [0.15, 0.2) is 42.0 Å². The van der Waals surface area contributed by atoms with Crippen molar-refractivity contribution >= 4 is 29.9 Å². The van der Waals surface area contributed by atoms with Gasteiger partial charge in [-0.3, -0.25) is 9.56 Å². The zero-order valence-corrected chi connectivity index (χ0v) is 19.5. The number of aromatic nitrogens is 3. The second-order valence-electron chi connectivity index (χ2n) is 8.08. The first-order valence-corrected chi connectivity index (χ1v) is 9.98. The Bertz CT molecular complexity index is 718. The molecule has 0 radical (unpaired) electrons. The highest BCUT2D eigenvalue weighted by Crippen LogP contribution is 2.42. The summed E-state index contributed by atoms with van der Waals surface area (Å²) >= 11 is 0. The first-order chi connectivity index (χ1) is 13.1. The van der Waals surface area contributed by atoms with E-state index < -0.39 is 0 Å². The van der Waals surface area contributed by atoms with Crippen LogP contribution in [-0.4, -0.2) is 34.1 Å². The maximum absolute atomic E-state index is 4.50. The Hall–Kier alpha value is -1.64. The predicted octanol–water partition coefficient (Wildman–Crippen LogP) is 4.16. The molecule has 3 rings (SSSR count). The first kappa shape index (κ1) is 22.6. The monoisotopic (exact) mass is 496 g/mol. The Morgan fingerprint density at radius 3 is 2.61 bits per heavy atom. The SMILES string of the molecule is CN=C(NCc1ccc(-n2ccnc2)nc1)NCC1(CC(C)C)CCCC1.I. The van der Waals surface area contributed by atoms with Gasteiger partial charge in [-0.1, -0.05) is 32.8 Å². The number of nitrogens with zero attached hydrogens (tertiary/aromatic N) is 4. The molecule has 28 heavy (non-hydrogen) atoms. The molecule has 0 amide bonds. The Morgan fingerprint density at radius 1 is 1.25 bits per heavy atom. The summed E-state index contributed by atoms with van der Waals surface area (Å²) < 4.78 is 1.90. The maximum atomic E-state index is 4.50. The molecule has 1 aliphatic carbocycles. The molecule has 1 aliphatic rings. The van der Waals surface area contributed by atoms with Gasteiger partial charge in [-0.2, -0.15) is 0 Å². The summed E-state index contributed by atoms with van der Waals surface area (Å²) in [6, 6.07) is 4.09. The number of halogens is 1. The summed E-state index contributed by atoms with van der Waals surface area (Å²) in [5.41, 5.74) is 1.55. The highest BCUT2D eigenvalue weighted by Gasteiger charge is 2.34. The maximum Gasteiger partial charge on any atom is 0.191 e. The van der Waals surface area contributed by atoms with Crippen molar-refractivity contribution in [3.8, 4) is 5.82 Å². The summed E-state index contributed by atoms with van der Waals surface area (Å²) in [7, 11) is 1.83. The molecule has 154 valence electrons. The molecule has 0 spiro atoms. The zero-order valence-electron chi connectivity index (χ0n) is 17.2. The lowest BCUT2D eigenvalue weighted by Gasteiger charge is -2.32. The van der Waals surface area contributed by atoms with Crippen LogP contribution in [0.4, 0.5) is 0 Å². The van der Waals surface area contributed by atoms with Crippen molar-refractivity contribution in [2.75, 3.05) is 13.6 Å². The van der Waals surface area contributed by atoms with Gasteiger partial charge in [0.1, 0.15) is 12.1 Å². The number of guanidine groups is 1. The highest BCUT2D eigenvalue weighted by atomic mass is 127. The fourth-order valence-corrected chi connectivity index (χ4v) is 4.19. The highest BCUT2D eigenvalue weighted by molar-refractivity contribution is 14.0. The fourth-order valence-electron chi connectivity index (χ4n) is 4.19. The van der Waals surface area contributed by atoms with E-state index in [1.165, 1.54) is 32.1 Å².